The van der Waals surface area contributed by atoms with E-state index < -0.39 is 5.97 Å². The Kier molecular flexibility index (Phi) is 8.49. The number of nitrogens with one attached hydrogen (secondary N) is 2. The molecular weight excluding hydrogens is 462 g/mol. The highest BCUT2D eigenvalue weighted by Gasteiger charge is 2.24. The number of carbonyl (C=O) groups is 2. The van der Waals surface area contributed by atoms with Crippen molar-refractivity contribution in [2.24, 2.45) is 0 Å². The smallest absolute Gasteiger partial charge is 0.338 e. The van der Waals surface area contributed by atoms with Crippen molar-refractivity contribution in [2.75, 3.05) is 31.8 Å². The molecule has 0 aliphatic carbocycles. The SMILES string of the molecule is CCOC(=O)c1ccc(NC(=O)CSc2nnc([C@@H](C)[NH+](C)C)n2-c2ccc(Cl)cc2)cc1. The fraction of sp³-hybridized carbons (Fsp3) is 0.304. The average molecular weight is 489 g/mol. The van der Waals surface area contributed by atoms with Crippen LogP contribution in [0.1, 0.15) is 36.1 Å². The first-order chi connectivity index (χ1) is 15.8. The highest BCUT2D eigenvalue weighted by atomic mass is 35.5. The molecule has 0 aliphatic rings. The van der Waals surface area contributed by atoms with Crippen LogP contribution in [-0.4, -0.2) is 53.1 Å². The van der Waals surface area contributed by atoms with Crippen LogP contribution in [0.25, 0.3) is 5.69 Å². The largest absolute Gasteiger partial charge is 0.462 e. The van der Waals surface area contributed by atoms with Gasteiger partial charge in [-0.05, 0) is 62.4 Å². The second kappa shape index (κ2) is 11.3. The lowest BCUT2D eigenvalue weighted by Crippen LogP contribution is -3.05. The molecule has 1 heterocycles. The van der Waals surface area contributed by atoms with Crippen molar-refractivity contribution in [3.05, 3.63) is 64.9 Å². The number of rotatable bonds is 9. The number of ether oxygens (including phenoxy) is 1. The first-order valence-corrected chi connectivity index (χ1v) is 11.9. The first-order valence-electron chi connectivity index (χ1n) is 10.5. The molecule has 0 saturated carbocycles. The predicted molar refractivity (Wildman–Crippen MR) is 129 cm³/mol. The Morgan fingerprint density at radius 1 is 1.12 bits per heavy atom. The lowest BCUT2D eigenvalue weighted by molar-refractivity contribution is -0.890. The molecule has 174 valence electrons. The number of nitrogens with zero attached hydrogens (tertiary/aromatic N) is 3. The maximum Gasteiger partial charge on any atom is 0.338 e. The molecule has 1 amide bonds. The molecule has 1 aromatic heterocycles. The van der Waals surface area contributed by atoms with Crippen LogP contribution < -0.4 is 10.2 Å². The Labute approximate surface area is 202 Å². The van der Waals surface area contributed by atoms with Gasteiger partial charge in [0.05, 0.1) is 32.0 Å². The third kappa shape index (κ3) is 6.34. The lowest BCUT2D eigenvalue weighted by atomic mass is 10.2. The van der Waals surface area contributed by atoms with Crippen LogP contribution in [0.5, 0.6) is 0 Å². The zero-order chi connectivity index (χ0) is 24.0. The minimum atomic E-state index is -0.392. The van der Waals surface area contributed by atoms with E-state index in [2.05, 4.69) is 36.5 Å². The van der Waals surface area contributed by atoms with E-state index in [9.17, 15) is 9.59 Å². The maximum absolute atomic E-state index is 12.5. The predicted octanol–water partition coefficient (Wildman–Crippen LogP) is 3.03. The molecule has 0 aliphatic heterocycles. The number of hydrogen-bond donors (Lipinski definition) is 2. The molecule has 1 atom stereocenters. The number of benzene rings is 2. The second-order valence-electron chi connectivity index (χ2n) is 7.59. The molecule has 0 bridgehead atoms. The summed E-state index contributed by atoms with van der Waals surface area (Å²) in [5.41, 5.74) is 1.91. The standard InChI is InChI=1S/C23H26ClN5O3S/c1-5-32-22(31)16-6-10-18(11-7-16)25-20(30)14-33-23-27-26-21(15(2)28(3)4)29(23)19-12-8-17(24)9-13-19/h6-13,15H,5,14H2,1-4H3,(H,25,30)/p+1/t15-/m1/s1. The molecule has 2 aromatic carbocycles. The second-order valence-corrected chi connectivity index (χ2v) is 8.97. The van der Waals surface area contributed by atoms with Crippen LogP contribution >= 0.6 is 23.4 Å². The van der Waals surface area contributed by atoms with Gasteiger partial charge in [-0.1, -0.05) is 23.4 Å². The van der Waals surface area contributed by atoms with Crippen LogP contribution in [0.4, 0.5) is 5.69 Å². The summed E-state index contributed by atoms with van der Waals surface area (Å²) in [4.78, 5) is 25.5. The van der Waals surface area contributed by atoms with Crippen molar-refractivity contribution in [3.8, 4) is 5.69 Å². The number of hydrogen-bond acceptors (Lipinski definition) is 6. The van der Waals surface area contributed by atoms with Gasteiger partial charge >= 0.3 is 5.97 Å². The minimum Gasteiger partial charge on any atom is -0.462 e. The summed E-state index contributed by atoms with van der Waals surface area (Å²) >= 11 is 7.36. The topological polar surface area (TPSA) is 90.5 Å². The molecule has 33 heavy (non-hydrogen) atoms. The van der Waals surface area contributed by atoms with Crippen molar-refractivity contribution < 1.29 is 19.2 Å². The van der Waals surface area contributed by atoms with Crippen molar-refractivity contribution in [3.63, 3.8) is 0 Å². The van der Waals surface area contributed by atoms with Gasteiger partial charge in [-0.15, -0.1) is 10.2 Å². The van der Waals surface area contributed by atoms with E-state index in [0.717, 1.165) is 11.5 Å². The van der Waals surface area contributed by atoms with E-state index in [1.807, 2.05) is 28.8 Å². The Morgan fingerprint density at radius 2 is 1.79 bits per heavy atom. The van der Waals surface area contributed by atoms with Crippen molar-refractivity contribution in [2.45, 2.75) is 25.0 Å². The number of halogens is 1. The number of anilines is 1. The van der Waals surface area contributed by atoms with E-state index in [1.165, 1.54) is 16.7 Å². The van der Waals surface area contributed by atoms with Crippen molar-refractivity contribution in [1.82, 2.24) is 14.8 Å². The van der Waals surface area contributed by atoms with Crippen LogP contribution in [-0.2, 0) is 9.53 Å². The molecule has 0 radical (unpaired) electrons. The van der Waals surface area contributed by atoms with Gasteiger partial charge in [0.15, 0.2) is 11.0 Å². The Balaban J connectivity index is 1.72. The molecule has 3 rings (SSSR count). The van der Waals surface area contributed by atoms with Crippen LogP contribution in [0.3, 0.4) is 0 Å². The summed E-state index contributed by atoms with van der Waals surface area (Å²) in [6.07, 6.45) is 0. The quantitative estimate of drug-likeness (QED) is 0.355. The molecule has 8 nitrogen and oxygen atoms in total. The highest BCUT2D eigenvalue weighted by molar-refractivity contribution is 7.99. The zero-order valence-electron chi connectivity index (χ0n) is 19.0. The van der Waals surface area contributed by atoms with E-state index in [1.54, 1.807) is 31.2 Å². The van der Waals surface area contributed by atoms with Gasteiger partial charge < -0.3 is 15.0 Å². The zero-order valence-corrected chi connectivity index (χ0v) is 20.5. The molecular formula is C23H27ClN5O3S+. The van der Waals surface area contributed by atoms with Crippen LogP contribution in [0.15, 0.2) is 53.7 Å². The number of carbonyl (C=O) groups excluding carboxylic acids is 2. The summed E-state index contributed by atoms with van der Waals surface area (Å²) in [6.45, 7) is 4.14. The van der Waals surface area contributed by atoms with Gasteiger partial charge in [0, 0.05) is 16.4 Å². The molecule has 3 aromatic rings. The fourth-order valence-corrected chi connectivity index (χ4v) is 3.86. The van der Waals surface area contributed by atoms with Gasteiger partial charge in [-0.25, -0.2) is 4.79 Å². The molecule has 0 unspecified atom stereocenters. The number of aromatic nitrogens is 3. The van der Waals surface area contributed by atoms with Crippen LogP contribution in [0, 0.1) is 0 Å². The van der Waals surface area contributed by atoms with Gasteiger partial charge in [0.2, 0.25) is 5.91 Å². The number of thioether (sulfide) groups is 1. The van der Waals surface area contributed by atoms with Gasteiger partial charge in [0.1, 0.15) is 6.04 Å². The first kappa shape index (κ1) is 24.8. The third-order valence-electron chi connectivity index (χ3n) is 5.01. The van der Waals surface area contributed by atoms with Gasteiger partial charge in [-0.3, -0.25) is 9.36 Å². The van der Waals surface area contributed by atoms with Crippen molar-refractivity contribution in [1.29, 1.82) is 0 Å². The van der Waals surface area contributed by atoms with Crippen molar-refractivity contribution >= 4 is 40.9 Å². The van der Waals surface area contributed by atoms with Gasteiger partial charge in [-0.2, -0.15) is 0 Å². The monoisotopic (exact) mass is 488 g/mol. The number of amides is 1. The van der Waals surface area contributed by atoms with Crippen LogP contribution in [0.2, 0.25) is 5.02 Å². The molecule has 10 heteroatoms. The average Bonchev–Trinajstić information content (AvgIpc) is 3.22. The van der Waals surface area contributed by atoms with E-state index >= 15 is 0 Å². The summed E-state index contributed by atoms with van der Waals surface area (Å²) in [5.74, 6) is 0.364. The van der Waals surface area contributed by atoms with E-state index in [4.69, 9.17) is 16.3 Å². The Bertz CT molecular complexity index is 1100. The van der Waals surface area contributed by atoms with E-state index in [-0.39, 0.29) is 17.7 Å². The molecule has 0 spiro atoms. The summed E-state index contributed by atoms with van der Waals surface area (Å²) in [5, 5.41) is 12.8. The highest BCUT2D eigenvalue weighted by Crippen LogP contribution is 2.25. The number of quaternary nitrogens is 1. The van der Waals surface area contributed by atoms with Gasteiger partial charge in [0.25, 0.3) is 0 Å². The molecule has 0 fully saturated rings. The summed E-state index contributed by atoms with van der Waals surface area (Å²) < 4.78 is 6.93. The minimum absolute atomic E-state index is 0.0919. The molecule has 0 saturated heterocycles. The third-order valence-corrected chi connectivity index (χ3v) is 6.19. The Morgan fingerprint density at radius 3 is 2.39 bits per heavy atom. The normalized spacial score (nSPS) is 11.9. The number of esters is 1. The van der Waals surface area contributed by atoms with E-state index in [0.29, 0.717) is 28.0 Å². The summed E-state index contributed by atoms with van der Waals surface area (Å²) in [7, 11) is 4.11. The fourth-order valence-electron chi connectivity index (χ4n) is 2.98. The maximum atomic E-state index is 12.5. The molecule has 2 N–H and O–H groups in total. The lowest BCUT2D eigenvalue weighted by Gasteiger charge is -2.18. The summed E-state index contributed by atoms with van der Waals surface area (Å²) in [6, 6.07) is 14.1. The Hall–Kier alpha value is -2.88.